The molecule has 0 saturated heterocycles. The number of hydrogen-bond donors (Lipinski definition) is 2. The number of rotatable bonds is 3. The number of aliphatic hydroxyl groups is 1. The van der Waals surface area contributed by atoms with Gasteiger partial charge in [0.2, 0.25) is 0 Å². The van der Waals surface area contributed by atoms with Crippen LogP contribution in [0.3, 0.4) is 0 Å². The number of carboxylic acid groups (broad SMARTS) is 1. The molecule has 0 aliphatic heterocycles. The summed E-state index contributed by atoms with van der Waals surface area (Å²) in [4.78, 5) is 21.9. The predicted octanol–water partition coefficient (Wildman–Crippen LogP) is 1.24. The molecule has 1 unspecified atom stereocenters. The van der Waals surface area contributed by atoms with Crippen molar-refractivity contribution >= 4 is 11.8 Å². The van der Waals surface area contributed by atoms with E-state index in [9.17, 15) is 14.7 Å². The Bertz CT molecular complexity index is 327. The third-order valence-corrected chi connectivity index (χ3v) is 2.21. The summed E-state index contributed by atoms with van der Waals surface area (Å²) in [5, 5.41) is 18.5. The van der Waals surface area contributed by atoms with Gasteiger partial charge in [0.15, 0.2) is 0 Å². The van der Waals surface area contributed by atoms with Gasteiger partial charge >= 0.3 is 5.97 Å². The van der Waals surface area contributed by atoms with Gasteiger partial charge in [-0.25, -0.2) is 0 Å². The number of hydrogen-bond acceptors (Lipinski definition) is 3. The summed E-state index contributed by atoms with van der Waals surface area (Å²) in [6.45, 7) is 1.30. The normalized spacial score (nSPS) is 25.6. The van der Waals surface area contributed by atoms with Gasteiger partial charge < -0.3 is 10.2 Å². The lowest BCUT2D eigenvalue weighted by Gasteiger charge is -2.27. The third kappa shape index (κ3) is 1.69. The van der Waals surface area contributed by atoms with E-state index < -0.39 is 11.4 Å². The standard InChI is InChI=1S/C10H11O4/c1-7(11)6-10(9(13)14)5-3-2-4-8(10)12/h2,4,12H,5-6H2,1H3,(H,13,14). The van der Waals surface area contributed by atoms with E-state index in [1.165, 1.54) is 19.1 Å². The van der Waals surface area contributed by atoms with E-state index in [0.717, 1.165) is 0 Å². The lowest BCUT2D eigenvalue weighted by Crippen LogP contribution is -2.35. The van der Waals surface area contributed by atoms with Crippen molar-refractivity contribution in [2.24, 2.45) is 5.41 Å². The predicted molar refractivity (Wildman–Crippen MR) is 48.5 cm³/mol. The van der Waals surface area contributed by atoms with Gasteiger partial charge in [0.05, 0.1) is 0 Å². The van der Waals surface area contributed by atoms with Crippen LogP contribution in [0.2, 0.25) is 0 Å². The molecule has 1 aliphatic rings. The number of Topliss-reactive ketones (excluding diaryl/α,β-unsaturated/α-hetero) is 1. The smallest absolute Gasteiger partial charge is 0.318 e. The Labute approximate surface area is 81.6 Å². The SMILES string of the molecule is CC(=O)CC1(C(=O)O)C[C]=CC=C1O. The molecule has 0 heterocycles. The van der Waals surface area contributed by atoms with Crippen molar-refractivity contribution in [3.63, 3.8) is 0 Å². The lowest BCUT2D eigenvalue weighted by atomic mass is 9.76. The molecular formula is C10H11O4. The molecule has 14 heavy (non-hydrogen) atoms. The fourth-order valence-electron chi connectivity index (χ4n) is 1.46. The van der Waals surface area contributed by atoms with Crippen LogP contribution in [-0.2, 0) is 9.59 Å². The van der Waals surface area contributed by atoms with Gasteiger partial charge in [-0.05, 0) is 25.5 Å². The number of allylic oxidation sites excluding steroid dienone is 3. The number of carbonyl (C=O) groups excluding carboxylic acids is 1. The van der Waals surface area contributed by atoms with E-state index in [1.807, 2.05) is 0 Å². The second kappa shape index (κ2) is 3.65. The van der Waals surface area contributed by atoms with Crippen LogP contribution in [0, 0.1) is 11.5 Å². The fraction of sp³-hybridized carbons (Fsp3) is 0.400. The zero-order chi connectivity index (χ0) is 10.8. The van der Waals surface area contributed by atoms with Gasteiger partial charge in [-0.15, -0.1) is 0 Å². The minimum Gasteiger partial charge on any atom is -0.511 e. The van der Waals surface area contributed by atoms with Gasteiger partial charge in [-0.3, -0.25) is 9.59 Å². The molecule has 75 valence electrons. The van der Waals surface area contributed by atoms with Gasteiger partial charge in [-0.2, -0.15) is 0 Å². The maximum Gasteiger partial charge on any atom is 0.318 e. The van der Waals surface area contributed by atoms with Crippen LogP contribution < -0.4 is 0 Å². The summed E-state index contributed by atoms with van der Waals surface area (Å²) >= 11 is 0. The Balaban J connectivity index is 3.05. The summed E-state index contributed by atoms with van der Waals surface area (Å²) in [7, 11) is 0. The summed E-state index contributed by atoms with van der Waals surface area (Å²) in [5.41, 5.74) is -1.50. The molecule has 1 radical (unpaired) electrons. The highest BCUT2D eigenvalue weighted by molar-refractivity contribution is 5.87. The van der Waals surface area contributed by atoms with Crippen LogP contribution >= 0.6 is 0 Å². The summed E-state index contributed by atoms with van der Waals surface area (Å²) in [6.07, 6.45) is 5.25. The Morgan fingerprint density at radius 3 is 2.71 bits per heavy atom. The topological polar surface area (TPSA) is 74.6 Å². The Morgan fingerprint density at radius 2 is 2.29 bits per heavy atom. The van der Waals surface area contributed by atoms with Gasteiger partial charge in [0.25, 0.3) is 0 Å². The fourth-order valence-corrected chi connectivity index (χ4v) is 1.46. The molecule has 0 bridgehead atoms. The van der Waals surface area contributed by atoms with Gasteiger partial charge in [-0.1, -0.05) is 6.08 Å². The second-order valence-electron chi connectivity index (χ2n) is 3.37. The van der Waals surface area contributed by atoms with Crippen LogP contribution in [0.1, 0.15) is 19.8 Å². The monoisotopic (exact) mass is 195 g/mol. The molecular weight excluding hydrogens is 184 g/mol. The van der Waals surface area contributed by atoms with E-state index in [0.29, 0.717) is 0 Å². The molecule has 1 rings (SSSR count). The number of aliphatic hydroxyl groups excluding tert-OH is 1. The van der Waals surface area contributed by atoms with Crippen molar-refractivity contribution < 1.29 is 19.8 Å². The first kappa shape index (κ1) is 10.5. The van der Waals surface area contributed by atoms with Crippen molar-refractivity contribution in [3.8, 4) is 0 Å². The molecule has 0 spiro atoms. The van der Waals surface area contributed by atoms with Crippen LogP contribution in [0.15, 0.2) is 17.9 Å². The van der Waals surface area contributed by atoms with Crippen molar-refractivity contribution in [2.45, 2.75) is 19.8 Å². The molecule has 2 N–H and O–H groups in total. The lowest BCUT2D eigenvalue weighted by molar-refractivity contribution is -0.150. The maximum atomic E-state index is 11.0. The first-order chi connectivity index (χ1) is 6.49. The van der Waals surface area contributed by atoms with Crippen molar-refractivity contribution in [2.75, 3.05) is 0 Å². The van der Waals surface area contributed by atoms with Gasteiger partial charge in [0, 0.05) is 6.42 Å². The van der Waals surface area contributed by atoms with Crippen LogP contribution in [0.4, 0.5) is 0 Å². The van der Waals surface area contributed by atoms with Crippen molar-refractivity contribution in [1.82, 2.24) is 0 Å². The van der Waals surface area contributed by atoms with E-state index in [-0.39, 0.29) is 24.4 Å². The van der Waals surface area contributed by atoms with Crippen LogP contribution in [0.25, 0.3) is 0 Å². The van der Waals surface area contributed by atoms with Crippen molar-refractivity contribution in [1.29, 1.82) is 0 Å². The zero-order valence-corrected chi connectivity index (χ0v) is 7.78. The maximum absolute atomic E-state index is 11.0. The van der Waals surface area contributed by atoms with Crippen molar-refractivity contribution in [3.05, 3.63) is 24.0 Å². The van der Waals surface area contributed by atoms with E-state index >= 15 is 0 Å². The molecule has 0 aromatic rings. The second-order valence-corrected chi connectivity index (χ2v) is 3.37. The minimum absolute atomic E-state index is 0.0320. The quantitative estimate of drug-likeness (QED) is 0.710. The Kier molecular flexibility index (Phi) is 2.74. The molecule has 0 aromatic heterocycles. The molecule has 0 aromatic carbocycles. The highest BCUT2D eigenvalue weighted by Crippen LogP contribution is 2.37. The summed E-state index contributed by atoms with van der Waals surface area (Å²) in [6, 6.07) is 0. The third-order valence-electron chi connectivity index (χ3n) is 2.21. The van der Waals surface area contributed by atoms with Gasteiger partial charge in [0.1, 0.15) is 17.0 Å². The number of carbonyl (C=O) groups is 2. The largest absolute Gasteiger partial charge is 0.511 e. The summed E-state index contributed by atoms with van der Waals surface area (Å²) in [5.74, 6) is -1.74. The van der Waals surface area contributed by atoms with E-state index in [2.05, 4.69) is 6.08 Å². The molecule has 0 saturated carbocycles. The number of carboxylic acids is 1. The van der Waals surface area contributed by atoms with Crippen LogP contribution in [-0.4, -0.2) is 22.0 Å². The number of ketones is 1. The molecule has 0 amide bonds. The minimum atomic E-state index is -1.50. The highest BCUT2D eigenvalue weighted by atomic mass is 16.4. The van der Waals surface area contributed by atoms with Crippen LogP contribution in [0.5, 0.6) is 0 Å². The summed E-state index contributed by atoms with van der Waals surface area (Å²) < 4.78 is 0. The van der Waals surface area contributed by atoms with E-state index in [4.69, 9.17) is 5.11 Å². The molecule has 4 nitrogen and oxygen atoms in total. The Hall–Kier alpha value is -1.58. The molecule has 1 atom stereocenters. The first-order valence-electron chi connectivity index (χ1n) is 4.18. The average Bonchev–Trinajstić information content (AvgIpc) is 2.08. The number of aliphatic carboxylic acids is 1. The van der Waals surface area contributed by atoms with E-state index in [1.54, 1.807) is 0 Å². The average molecular weight is 195 g/mol. The molecule has 4 heteroatoms. The highest BCUT2D eigenvalue weighted by Gasteiger charge is 2.43. The Morgan fingerprint density at radius 1 is 1.64 bits per heavy atom. The zero-order valence-electron chi connectivity index (χ0n) is 7.78. The molecule has 1 aliphatic carbocycles. The molecule has 0 fully saturated rings. The first-order valence-corrected chi connectivity index (χ1v) is 4.18.